The number of hydrogen-bond donors (Lipinski definition) is 0. The van der Waals surface area contributed by atoms with Crippen molar-refractivity contribution in [1.29, 1.82) is 0 Å². The number of esters is 1. The summed E-state index contributed by atoms with van der Waals surface area (Å²) in [6.07, 6.45) is -0.611. The SMILES string of the molecule is CCOC(=O)[C@@H](C)Oc1ccc(Cl)c(C)c1. The third-order valence-electron chi connectivity index (χ3n) is 2.06. The normalized spacial score (nSPS) is 12.0. The lowest BCUT2D eigenvalue weighted by atomic mass is 10.2. The summed E-state index contributed by atoms with van der Waals surface area (Å²) in [5, 5.41) is 0.677. The number of carbonyl (C=O) groups is 1. The molecule has 1 aromatic rings. The van der Waals surface area contributed by atoms with Crippen LogP contribution in [0.15, 0.2) is 18.2 Å². The fourth-order valence-electron chi connectivity index (χ4n) is 1.20. The molecule has 0 saturated heterocycles. The second-order valence-electron chi connectivity index (χ2n) is 3.42. The van der Waals surface area contributed by atoms with Crippen molar-refractivity contribution in [2.24, 2.45) is 0 Å². The Kier molecular flexibility index (Phi) is 4.62. The minimum absolute atomic E-state index is 0.353. The van der Waals surface area contributed by atoms with E-state index in [1.54, 1.807) is 32.0 Å². The van der Waals surface area contributed by atoms with Crippen LogP contribution in [0.1, 0.15) is 19.4 Å². The van der Waals surface area contributed by atoms with E-state index in [0.717, 1.165) is 5.56 Å². The van der Waals surface area contributed by atoms with Gasteiger partial charge in [0.15, 0.2) is 6.10 Å². The summed E-state index contributed by atoms with van der Waals surface area (Å²) < 4.78 is 10.3. The van der Waals surface area contributed by atoms with Crippen molar-refractivity contribution in [2.45, 2.75) is 26.9 Å². The molecule has 1 rings (SSSR count). The van der Waals surface area contributed by atoms with E-state index in [9.17, 15) is 4.79 Å². The van der Waals surface area contributed by atoms with Crippen molar-refractivity contribution in [3.05, 3.63) is 28.8 Å². The Morgan fingerprint density at radius 1 is 1.50 bits per heavy atom. The van der Waals surface area contributed by atoms with Crippen molar-refractivity contribution in [1.82, 2.24) is 0 Å². The van der Waals surface area contributed by atoms with E-state index in [4.69, 9.17) is 21.1 Å². The van der Waals surface area contributed by atoms with Crippen molar-refractivity contribution in [2.75, 3.05) is 6.61 Å². The zero-order chi connectivity index (χ0) is 12.1. The molecule has 3 nitrogen and oxygen atoms in total. The van der Waals surface area contributed by atoms with E-state index in [1.807, 2.05) is 6.92 Å². The lowest BCUT2D eigenvalue weighted by Crippen LogP contribution is -2.26. The van der Waals surface area contributed by atoms with Gasteiger partial charge >= 0.3 is 5.97 Å². The predicted molar refractivity (Wildman–Crippen MR) is 62.9 cm³/mol. The molecule has 0 aliphatic heterocycles. The zero-order valence-electron chi connectivity index (χ0n) is 9.62. The maximum absolute atomic E-state index is 11.3. The molecular weight excluding hydrogens is 228 g/mol. The van der Waals surface area contributed by atoms with E-state index in [0.29, 0.717) is 17.4 Å². The van der Waals surface area contributed by atoms with Gasteiger partial charge in [0.25, 0.3) is 0 Å². The maximum atomic E-state index is 11.3. The summed E-state index contributed by atoms with van der Waals surface area (Å²) in [5.74, 6) is 0.248. The molecule has 0 bridgehead atoms. The van der Waals surface area contributed by atoms with E-state index in [-0.39, 0.29) is 5.97 Å². The predicted octanol–water partition coefficient (Wildman–Crippen LogP) is 2.98. The average molecular weight is 243 g/mol. The van der Waals surface area contributed by atoms with Crippen molar-refractivity contribution >= 4 is 17.6 Å². The van der Waals surface area contributed by atoms with Gasteiger partial charge in [0.05, 0.1) is 6.61 Å². The highest BCUT2D eigenvalue weighted by Crippen LogP contribution is 2.21. The minimum Gasteiger partial charge on any atom is -0.479 e. The van der Waals surface area contributed by atoms with E-state index < -0.39 is 6.10 Å². The molecule has 0 saturated carbocycles. The quantitative estimate of drug-likeness (QED) is 0.762. The highest BCUT2D eigenvalue weighted by Gasteiger charge is 2.15. The molecule has 0 heterocycles. The highest BCUT2D eigenvalue weighted by atomic mass is 35.5. The van der Waals surface area contributed by atoms with Crippen LogP contribution in [0.3, 0.4) is 0 Å². The molecule has 0 amide bonds. The van der Waals surface area contributed by atoms with Crippen LogP contribution in [-0.4, -0.2) is 18.7 Å². The fraction of sp³-hybridized carbons (Fsp3) is 0.417. The Bertz CT molecular complexity index is 377. The summed E-state index contributed by atoms with van der Waals surface area (Å²) in [6, 6.07) is 5.26. The van der Waals surface area contributed by atoms with Crippen LogP contribution in [0, 0.1) is 6.92 Å². The number of carbonyl (C=O) groups excluding carboxylic acids is 1. The molecule has 4 heteroatoms. The van der Waals surface area contributed by atoms with Crippen LogP contribution in [0.4, 0.5) is 0 Å². The van der Waals surface area contributed by atoms with Crippen molar-refractivity contribution in [3.63, 3.8) is 0 Å². The van der Waals surface area contributed by atoms with Crippen molar-refractivity contribution < 1.29 is 14.3 Å². The van der Waals surface area contributed by atoms with Crippen LogP contribution in [0.2, 0.25) is 5.02 Å². The first-order chi connectivity index (χ1) is 7.54. The van der Waals surface area contributed by atoms with Crippen molar-refractivity contribution in [3.8, 4) is 5.75 Å². The van der Waals surface area contributed by atoms with Crippen LogP contribution >= 0.6 is 11.6 Å². The maximum Gasteiger partial charge on any atom is 0.347 e. The molecule has 1 aromatic carbocycles. The number of aryl methyl sites for hydroxylation is 1. The number of rotatable bonds is 4. The lowest BCUT2D eigenvalue weighted by Gasteiger charge is -2.13. The van der Waals surface area contributed by atoms with E-state index in [1.165, 1.54) is 0 Å². The molecular formula is C12H15ClO3. The van der Waals surface area contributed by atoms with Crippen LogP contribution < -0.4 is 4.74 Å². The standard InChI is InChI=1S/C12H15ClO3/c1-4-15-12(14)9(3)16-10-5-6-11(13)8(2)7-10/h5-7,9H,4H2,1-3H3/t9-/m1/s1. The summed E-state index contributed by atoms with van der Waals surface area (Å²) >= 11 is 5.88. The summed E-state index contributed by atoms with van der Waals surface area (Å²) in [7, 11) is 0. The van der Waals surface area contributed by atoms with Crippen LogP contribution in [-0.2, 0) is 9.53 Å². The molecule has 88 valence electrons. The van der Waals surface area contributed by atoms with Gasteiger partial charge in [-0.3, -0.25) is 0 Å². The van der Waals surface area contributed by atoms with E-state index in [2.05, 4.69) is 0 Å². The van der Waals surface area contributed by atoms with Gasteiger partial charge in [0, 0.05) is 5.02 Å². The third-order valence-corrected chi connectivity index (χ3v) is 2.48. The summed E-state index contributed by atoms with van der Waals surface area (Å²) in [6.45, 7) is 5.65. The fourth-order valence-corrected chi connectivity index (χ4v) is 1.32. The lowest BCUT2D eigenvalue weighted by molar-refractivity contribution is -0.150. The Morgan fingerprint density at radius 3 is 2.75 bits per heavy atom. The molecule has 0 aromatic heterocycles. The first-order valence-corrected chi connectivity index (χ1v) is 5.51. The topological polar surface area (TPSA) is 35.5 Å². The zero-order valence-corrected chi connectivity index (χ0v) is 10.4. The molecule has 0 aliphatic rings. The van der Waals surface area contributed by atoms with Gasteiger partial charge in [-0.15, -0.1) is 0 Å². The summed E-state index contributed by atoms with van der Waals surface area (Å²) in [4.78, 5) is 11.3. The van der Waals surface area contributed by atoms with Gasteiger partial charge in [-0.2, -0.15) is 0 Å². The van der Waals surface area contributed by atoms with Gasteiger partial charge in [-0.05, 0) is 44.5 Å². The molecule has 0 radical (unpaired) electrons. The first kappa shape index (κ1) is 12.8. The van der Waals surface area contributed by atoms with E-state index >= 15 is 0 Å². The second kappa shape index (κ2) is 5.75. The molecule has 0 aliphatic carbocycles. The first-order valence-electron chi connectivity index (χ1n) is 5.14. The summed E-state index contributed by atoms with van der Waals surface area (Å²) in [5.41, 5.74) is 0.912. The monoisotopic (exact) mass is 242 g/mol. The second-order valence-corrected chi connectivity index (χ2v) is 3.83. The van der Waals surface area contributed by atoms with Gasteiger partial charge in [-0.25, -0.2) is 4.79 Å². The van der Waals surface area contributed by atoms with Gasteiger partial charge in [-0.1, -0.05) is 11.6 Å². The Balaban J connectivity index is 2.66. The molecule has 0 N–H and O–H groups in total. The third kappa shape index (κ3) is 3.42. The van der Waals surface area contributed by atoms with Crippen LogP contribution in [0.5, 0.6) is 5.75 Å². The van der Waals surface area contributed by atoms with Gasteiger partial charge in [0.2, 0.25) is 0 Å². The number of benzene rings is 1. The Labute approximate surface area is 100 Å². The largest absolute Gasteiger partial charge is 0.479 e. The Hall–Kier alpha value is -1.22. The molecule has 1 atom stereocenters. The van der Waals surface area contributed by atoms with Gasteiger partial charge < -0.3 is 9.47 Å². The van der Waals surface area contributed by atoms with Crippen LogP contribution in [0.25, 0.3) is 0 Å². The molecule has 0 fully saturated rings. The minimum atomic E-state index is -0.611. The number of hydrogen-bond acceptors (Lipinski definition) is 3. The Morgan fingerprint density at radius 2 is 2.19 bits per heavy atom. The van der Waals surface area contributed by atoms with Gasteiger partial charge in [0.1, 0.15) is 5.75 Å². The molecule has 0 unspecified atom stereocenters. The smallest absolute Gasteiger partial charge is 0.347 e. The number of halogens is 1. The highest BCUT2D eigenvalue weighted by molar-refractivity contribution is 6.31. The number of ether oxygens (including phenoxy) is 2. The average Bonchev–Trinajstić information content (AvgIpc) is 2.24. The molecule has 16 heavy (non-hydrogen) atoms. The molecule has 0 spiro atoms.